The van der Waals surface area contributed by atoms with Gasteiger partial charge in [-0.3, -0.25) is 0 Å². The van der Waals surface area contributed by atoms with Crippen LogP contribution in [-0.4, -0.2) is 0 Å². The van der Waals surface area contributed by atoms with Gasteiger partial charge >= 0.3 is 0 Å². The Kier molecular flexibility index (Phi) is 3.36. The van der Waals surface area contributed by atoms with Crippen molar-refractivity contribution in [3.63, 3.8) is 0 Å². The maximum Gasteiger partial charge on any atom is 0.216 e. The molecule has 2 aromatic carbocycles. The van der Waals surface area contributed by atoms with E-state index in [0.717, 1.165) is 38.8 Å². The highest BCUT2D eigenvalue weighted by Crippen LogP contribution is 2.40. The third-order valence-electron chi connectivity index (χ3n) is 4.86. The van der Waals surface area contributed by atoms with Gasteiger partial charge in [-0.05, 0) is 55.7 Å². The van der Waals surface area contributed by atoms with E-state index in [1.165, 1.54) is 11.1 Å². The van der Waals surface area contributed by atoms with Crippen LogP contribution in [0.5, 0.6) is 0 Å². The SMILES string of the molecule is Cc1cc(C)c2c(oc3c(C)cc(C#N)cc32)c1-c1cccc[n+]1C. The number of rotatable bonds is 1. The maximum absolute atomic E-state index is 9.33. The minimum absolute atomic E-state index is 0.666. The zero-order valence-electron chi connectivity index (χ0n) is 14.8. The van der Waals surface area contributed by atoms with Crippen molar-refractivity contribution in [1.82, 2.24) is 0 Å². The molecule has 4 rings (SSSR count). The van der Waals surface area contributed by atoms with E-state index in [4.69, 9.17) is 4.42 Å². The molecule has 0 radical (unpaired) electrons. The quantitative estimate of drug-likeness (QED) is 0.468. The molecule has 3 nitrogen and oxygen atoms in total. The Hall–Kier alpha value is -3.12. The van der Waals surface area contributed by atoms with Crippen LogP contribution in [0.1, 0.15) is 22.3 Å². The fourth-order valence-corrected chi connectivity index (χ4v) is 3.75. The monoisotopic (exact) mass is 327 g/mol. The molecule has 0 aliphatic heterocycles. The number of nitriles is 1. The number of nitrogens with zero attached hydrogens (tertiary/aromatic N) is 2. The smallest absolute Gasteiger partial charge is 0.216 e. The lowest BCUT2D eigenvalue weighted by Crippen LogP contribution is -2.30. The summed E-state index contributed by atoms with van der Waals surface area (Å²) in [6.45, 7) is 6.22. The summed E-state index contributed by atoms with van der Waals surface area (Å²) >= 11 is 0. The number of hydrogen-bond donors (Lipinski definition) is 0. The molecule has 122 valence electrons. The Labute approximate surface area is 146 Å². The highest BCUT2D eigenvalue weighted by molar-refractivity contribution is 6.12. The summed E-state index contributed by atoms with van der Waals surface area (Å²) in [5.74, 6) is 0. The molecule has 0 saturated carbocycles. The highest BCUT2D eigenvalue weighted by Gasteiger charge is 2.22. The number of aryl methyl sites for hydroxylation is 4. The van der Waals surface area contributed by atoms with E-state index in [1.807, 2.05) is 44.4 Å². The predicted molar refractivity (Wildman–Crippen MR) is 99.3 cm³/mol. The molecule has 0 fully saturated rings. The van der Waals surface area contributed by atoms with E-state index in [2.05, 4.69) is 36.6 Å². The molecule has 0 spiro atoms. The van der Waals surface area contributed by atoms with Gasteiger partial charge in [-0.1, -0.05) is 6.07 Å². The molecule has 0 bridgehead atoms. The molecule has 0 atom stereocenters. The van der Waals surface area contributed by atoms with E-state index < -0.39 is 0 Å². The van der Waals surface area contributed by atoms with Gasteiger partial charge in [0.15, 0.2) is 6.20 Å². The summed E-state index contributed by atoms with van der Waals surface area (Å²) in [6, 6.07) is 14.4. The molecule has 25 heavy (non-hydrogen) atoms. The lowest BCUT2D eigenvalue weighted by atomic mass is 9.96. The molecule has 2 aromatic heterocycles. The molecule has 0 amide bonds. The lowest BCUT2D eigenvalue weighted by molar-refractivity contribution is -0.660. The van der Waals surface area contributed by atoms with Crippen LogP contribution < -0.4 is 4.57 Å². The molecular weight excluding hydrogens is 308 g/mol. The maximum atomic E-state index is 9.33. The number of benzene rings is 2. The lowest BCUT2D eigenvalue weighted by Gasteiger charge is -2.07. The van der Waals surface area contributed by atoms with Gasteiger partial charge < -0.3 is 4.42 Å². The van der Waals surface area contributed by atoms with Crippen LogP contribution in [0.4, 0.5) is 0 Å². The fourth-order valence-electron chi connectivity index (χ4n) is 3.75. The molecule has 0 aliphatic carbocycles. The molecule has 4 aromatic rings. The molecule has 2 heterocycles. The van der Waals surface area contributed by atoms with Gasteiger partial charge in [0, 0.05) is 22.9 Å². The second-order valence-corrected chi connectivity index (χ2v) is 6.67. The van der Waals surface area contributed by atoms with E-state index in [9.17, 15) is 5.26 Å². The Morgan fingerprint density at radius 1 is 0.960 bits per heavy atom. The van der Waals surface area contributed by atoms with Crippen molar-refractivity contribution >= 4 is 21.9 Å². The number of furan rings is 1. The van der Waals surface area contributed by atoms with Crippen molar-refractivity contribution in [1.29, 1.82) is 5.26 Å². The Balaban J connectivity index is 2.23. The number of aromatic nitrogens is 1. The van der Waals surface area contributed by atoms with Gasteiger partial charge in [-0.2, -0.15) is 5.26 Å². The number of pyridine rings is 1. The number of fused-ring (bicyclic) bond motifs is 3. The van der Waals surface area contributed by atoms with Gasteiger partial charge in [0.05, 0.1) is 17.2 Å². The third-order valence-corrected chi connectivity index (χ3v) is 4.86. The van der Waals surface area contributed by atoms with Gasteiger partial charge in [0.1, 0.15) is 18.2 Å². The van der Waals surface area contributed by atoms with Gasteiger partial charge in [0.25, 0.3) is 0 Å². The van der Waals surface area contributed by atoms with E-state index in [1.54, 1.807) is 0 Å². The Morgan fingerprint density at radius 3 is 2.48 bits per heavy atom. The van der Waals surface area contributed by atoms with Crippen LogP contribution in [0, 0.1) is 32.1 Å². The summed E-state index contributed by atoms with van der Waals surface area (Å²) in [6.07, 6.45) is 2.04. The highest BCUT2D eigenvalue weighted by atomic mass is 16.3. The van der Waals surface area contributed by atoms with E-state index >= 15 is 0 Å². The predicted octanol–water partition coefficient (Wildman–Crippen LogP) is 4.87. The van der Waals surface area contributed by atoms with E-state index in [0.29, 0.717) is 5.56 Å². The first-order valence-corrected chi connectivity index (χ1v) is 8.33. The van der Waals surface area contributed by atoms with Crippen LogP contribution in [0.2, 0.25) is 0 Å². The minimum Gasteiger partial charge on any atom is -0.455 e. The molecule has 0 N–H and O–H groups in total. The Bertz CT molecular complexity index is 1190. The summed E-state index contributed by atoms with van der Waals surface area (Å²) < 4.78 is 8.47. The third kappa shape index (κ3) is 2.22. The topological polar surface area (TPSA) is 40.8 Å². The van der Waals surface area contributed by atoms with Crippen LogP contribution in [0.25, 0.3) is 33.2 Å². The largest absolute Gasteiger partial charge is 0.455 e. The van der Waals surface area contributed by atoms with Crippen LogP contribution in [-0.2, 0) is 7.05 Å². The van der Waals surface area contributed by atoms with Gasteiger partial charge in [0.2, 0.25) is 5.69 Å². The first-order chi connectivity index (χ1) is 12.0. The van der Waals surface area contributed by atoms with Gasteiger partial charge in [-0.15, -0.1) is 0 Å². The zero-order chi connectivity index (χ0) is 17.7. The molecule has 0 aliphatic rings. The summed E-state index contributed by atoms with van der Waals surface area (Å²) in [5, 5.41) is 11.4. The average Bonchev–Trinajstić information content (AvgIpc) is 2.96. The van der Waals surface area contributed by atoms with Crippen LogP contribution in [0.3, 0.4) is 0 Å². The standard InChI is InChI=1S/C22H19N2O/c1-13-9-14(2)20(18-7-5-6-8-24(18)4)22-19(13)17-11-16(12-23)10-15(3)21(17)25-22/h5-11H,1-4H3/q+1. The summed E-state index contributed by atoms with van der Waals surface area (Å²) in [7, 11) is 2.04. The van der Waals surface area contributed by atoms with Crippen LogP contribution >= 0.6 is 0 Å². The Morgan fingerprint density at radius 2 is 1.76 bits per heavy atom. The van der Waals surface area contributed by atoms with Crippen molar-refractivity contribution in [3.05, 3.63) is 64.8 Å². The molecule has 0 saturated heterocycles. The first-order valence-electron chi connectivity index (χ1n) is 8.33. The molecule has 0 unspecified atom stereocenters. The normalized spacial score (nSPS) is 11.2. The van der Waals surface area contributed by atoms with Crippen molar-refractivity contribution in [2.75, 3.05) is 0 Å². The van der Waals surface area contributed by atoms with Crippen molar-refractivity contribution in [2.45, 2.75) is 20.8 Å². The first kappa shape index (κ1) is 15.4. The molecule has 3 heteroatoms. The summed E-state index contributed by atoms with van der Waals surface area (Å²) in [4.78, 5) is 0. The van der Waals surface area contributed by atoms with Crippen LogP contribution in [0.15, 0.2) is 47.0 Å². The second kappa shape index (κ2) is 5.46. The zero-order valence-corrected chi connectivity index (χ0v) is 14.8. The van der Waals surface area contributed by atoms with Gasteiger partial charge in [-0.25, -0.2) is 4.57 Å². The van der Waals surface area contributed by atoms with Crippen molar-refractivity contribution < 1.29 is 8.98 Å². The second-order valence-electron chi connectivity index (χ2n) is 6.67. The fraction of sp³-hybridized carbons (Fsp3) is 0.182. The average molecular weight is 327 g/mol. The number of hydrogen-bond acceptors (Lipinski definition) is 2. The van der Waals surface area contributed by atoms with E-state index in [-0.39, 0.29) is 0 Å². The van der Waals surface area contributed by atoms with Crippen molar-refractivity contribution in [2.24, 2.45) is 7.05 Å². The molecular formula is C22H19N2O+. The summed E-state index contributed by atoms with van der Waals surface area (Å²) in [5.41, 5.74) is 7.99. The minimum atomic E-state index is 0.666. The van der Waals surface area contributed by atoms with Crippen molar-refractivity contribution in [3.8, 4) is 17.3 Å².